The molecule has 1 saturated carbocycles. The van der Waals surface area contributed by atoms with Gasteiger partial charge >= 0.3 is 0 Å². The first-order valence-corrected chi connectivity index (χ1v) is 8.49. The Kier molecular flexibility index (Phi) is 3.90. The molecule has 1 N–H and O–H groups in total. The van der Waals surface area contributed by atoms with Crippen LogP contribution in [-0.2, 0) is 13.6 Å². The number of likely N-dealkylation sites (N-methyl/N-ethyl adjacent to an activating group) is 1. The van der Waals surface area contributed by atoms with Crippen molar-refractivity contribution in [3.63, 3.8) is 0 Å². The molecule has 2 aliphatic rings. The van der Waals surface area contributed by atoms with Gasteiger partial charge in [0.2, 0.25) is 0 Å². The van der Waals surface area contributed by atoms with Crippen molar-refractivity contribution in [2.24, 2.45) is 7.05 Å². The van der Waals surface area contributed by atoms with Gasteiger partial charge in [0.15, 0.2) is 0 Å². The van der Waals surface area contributed by atoms with Crippen LogP contribution in [0.5, 0.6) is 0 Å². The first-order chi connectivity index (χ1) is 11.2. The second-order valence-corrected chi connectivity index (χ2v) is 7.02. The molecule has 7 heteroatoms. The monoisotopic (exact) mass is 315 g/mol. The van der Waals surface area contributed by atoms with E-state index in [4.69, 9.17) is 0 Å². The van der Waals surface area contributed by atoms with Gasteiger partial charge in [-0.25, -0.2) is 9.67 Å². The lowest BCUT2D eigenvalue weighted by molar-refractivity contribution is 0.284. The zero-order valence-corrected chi connectivity index (χ0v) is 13.9. The van der Waals surface area contributed by atoms with Gasteiger partial charge in [0.05, 0.1) is 24.3 Å². The quantitative estimate of drug-likeness (QED) is 0.889. The molecule has 1 aliphatic heterocycles. The molecule has 0 amide bonds. The van der Waals surface area contributed by atoms with Crippen LogP contribution in [0.1, 0.15) is 42.6 Å². The van der Waals surface area contributed by atoms with Crippen LogP contribution >= 0.6 is 0 Å². The standard InChI is InChI=1S/C16H25N7/c1-21-9-14(16-7-17-11-22(16)2)15(10-21)18-6-12-8-23(20-19-12)13-4-3-5-13/h7-8,11,13-15,18H,3-6,9-10H2,1-2H3/t14-,15-/m1/s1. The molecule has 2 fully saturated rings. The minimum Gasteiger partial charge on any atom is -0.337 e. The number of aryl methyl sites for hydroxylation is 1. The topological polar surface area (TPSA) is 63.8 Å². The summed E-state index contributed by atoms with van der Waals surface area (Å²) in [6.07, 6.45) is 9.78. The lowest BCUT2D eigenvalue weighted by atomic mass is 9.93. The van der Waals surface area contributed by atoms with E-state index in [1.165, 1.54) is 25.0 Å². The molecule has 0 radical (unpaired) electrons. The van der Waals surface area contributed by atoms with Crippen LogP contribution in [0.4, 0.5) is 0 Å². The van der Waals surface area contributed by atoms with Crippen molar-refractivity contribution >= 4 is 0 Å². The highest BCUT2D eigenvalue weighted by Crippen LogP contribution is 2.30. The normalized spacial score (nSPS) is 25.8. The van der Waals surface area contributed by atoms with Gasteiger partial charge in [0, 0.05) is 50.5 Å². The molecule has 1 aliphatic carbocycles. The first-order valence-electron chi connectivity index (χ1n) is 8.49. The lowest BCUT2D eigenvalue weighted by Crippen LogP contribution is -2.35. The van der Waals surface area contributed by atoms with Gasteiger partial charge in [0.25, 0.3) is 0 Å². The van der Waals surface area contributed by atoms with Crippen molar-refractivity contribution in [2.45, 2.75) is 43.8 Å². The first kappa shape index (κ1) is 14.8. The van der Waals surface area contributed by atoms with Gasteiger partial charge < -0.3 is 14.8 Å². The Bertz CT molecular complexity index is 657. The summed E-state index contributed by atoms with van der Waals surface area (Å²) in [7, 11) is 4.25. The fourth-order valence-corrected chi connectivity index (χ4v) is 3.69. The summed E-state index contributed by atoms with van der Waals surface area (Å²) in [5, 5.41) is 12.3. The Hall–Kier alpha value is -1.73. The number of aromatic nitrogens is 5. The van der Waals surface area contributed by atoms with Gasteiger partial charge in [-0.05, 0) is 26.3 Å². The Morgan fingerprint density at radius 1 is 1.26 bits per heavy atom. The second kappa shape index (κ2) is 6.05. The van der Waals surface area contributed by atoms with E-state index in [1.807, 2.05) is 17.2 Å². The SMILES string of the molecule is CN1C[C@@H](NCc2cn(C3CCC3)nn2)[C@H](c2cncn2C)C1. The van der Waals surface area contributed by atoms with Gasteiger partial charge in [-0.15, -0.1) is 5.10 Å². The van der Waals surface area contributed by atoms with E-state index < -0.39 is 0 Å². The van der Waals surface area contributed by atoms with Crippen molar-refractivity contribution in [1.82, 2.24) is 34.8 Å². The van der Waals surface area contributed by atoms with Crippen LogP contribution in [0.25, 0.3) is 0 Å². The molecule has 7 nitrogen and oxygen atoms in total. The third kappa shape index (κ3) is 2.90. The number of imidazole rings is 1. The fraction of sp³-hybridized carbons (Fsp3) is 0.688. The van der Waals surface area contributed by atoms with E-state index in [1.54, 1.807) is 0 Å². The number of nitrogens with zero attached hydrogens (tertiary/aromatic N) is 6. The zero-order chi connectivity index (χ0) is 15.8. The molecule has 0 spiro atoms. The van der Waals surface area contributed by atoms with Crippen molar-refractivity contribution in [3.8, 4) is 0 Å². The van der Waals surface area contributed by atoms with Crippen LogP contribution in [0.2, 0.25) is 0 Å². The summed E-state index contributed by atoms with van der Waals surface area (Å²) in [5.41, 5.74) is 2.33. The Balaban J connectivity index is 1.40. The molecule has 4 rings (SSSR count). The molecule has 23 heavy (non-hydrogen) atoms. The highest BCUT2D eigenvalue weighted by atomic mass is 15.4. The third-order valence-corrected chi connectivity index (χ3v) is 5.29. The number of hydrogen-bond donors (Lipinski definition) is 1. The molecule has 124 valence electrons. The molecule has 2 atom stereocenters. The smallest absolute Gasteiger partial charge is 0.0965 e. The average Bonchev–Trinajstić information content (AvgIpc) is 3.15. The van der Waals surface area contributed by atoms with Crippen molar-refractivity contribution in [2.75, 3.05) is 20.1 Å². The Morgan fingerprint density at radius 2 is 2.13 bits per heavy atom. The molecule has 1 saturated heterocycles. The van der Waals surface area contributed by atoms with Crippen molar-refractivity contribution in [1.29, 1.82) is 0 Å². The summed E-state index contributed by atoms with van der Waals surface area (Å²) in [5.74, 6) is 0.467. The van der Waals surface area contributed by atoms with Crippen molar-refractivity contribution in [3.05, 3.63) is 30.1 Å². The maximum absolute atomic E-state index is 4.32. The maximum Gasteiger partial charge on any atom is 0.0965 e. The second-order valence-electron chi connectivity index (χ2n) is 7.02. The number of likely N-dealkylation sites (tertiary alicyclic amines) is 1. The van der Waals surface area contributed by atoms with Crippen LogP contribution in [-0.4, -0.2) is 55.6 Å². The molecule has 0 aromatic carbocycles. The van der Waals surface area contributed by atoms with Crippen LogP contribution in [0.15, 0.2) is 18.7 Å². The molecule has 2 aromatic rings. The Labute approximate surface area is 136 Å². The van der Waals surface area contributed by atoms with E-state index in [0.29, 0.717) is 18.0 Å². The van der Waals surface area contributed by atoms with E-state index in [-0.39, 0.29) is 0 Å². The molecule has 0 unspecified atom stereocenters. The Morgan fingerprint density at radius 3 is 2.83 bits per heavy atom. The van der Waals surface area contributed by atoms with Gasteiger partial charge in [-0.1, -0.05) is 5.21 Å². The summed E-state index contributed by atoms with van der Waals surface area (Å²) >= 11 is 0. The van der Waals surface area contributed by atoms with Gasteiger partial charge in [0.1, 0.15) is 0 Å². The summed E-state index contributed by atoms with van der Waals surface area (Å²) < 4.78 is 4.17. The van der Waals surface area contributed by atoms with Crippen LogP contribution in [0, 0.1) is 0 Å². The van der Waals surface area contributed by atoms with Crippen molar-refractivity contribution < 1.29 is 0 Å². The summed E-state index contributed by atoms with van der Waals surface area (Å²) in [6, 6.07) is 1.00. The average molecular weight is 315 g/mol. The van der Waals surface area contributed by atoms with Crippen LogP contribution < -0.4 is 5.32 Å². The largest absolute Gasteiger partial charge is 0.337 e. The van der Waals surface area contributed by atoms with Gasteiger partial charge in [-0.2, -0.15) is 0 Å². The number of rotatable bonds is 5. The molecule has 2 aromatic heterocycles. The van der Waals surface area contributed by atoms with E-state index in [9.17, 15) is 0 Å². The van der Waals surface area contributed by atoms with Crippen LogP contribution in [0.3, 0.4) is 0 Å². The minimum atomic E-state index is 0.421. The van der Waals surface area contributed by atoms with E-state index in [0.717, 1.165) is 25.3 Å². The minimum absolute atomic E-state index is 0.421. The molecule has 0 bridgehead atoms. The zero-order valence-electron chi connectivity index (χ0n) is 13.9. The fourth-order valence-electron chi connectivity index (χ4n) is 3.69. The highest BCUT2D eigenvalue weighted by Gasteiger charge is 2.33. The maximum atomic E-state index is 4.32. The predicted molar refractivity (Wildman–Crippen MR) is 87.0 cm³/mol. The number of nitrogens with one attached hydrogen (secondary N) is 1. The molecular weight excluding hydrogens is 290 g/mol. The molecule has 3 heterocycles. The van der Waals surface area contributed by atoms with E-state index >= 15 is 0 Å². The highest BCUT2D eigenvalue weighted by molar-refractivity contribution is 5.14. The number of hydrogen-bond acceptors (Lipinski definition) is 5. The van der Waals surface area contributed by atoms with E-state index in [2.05, 4.69) is 50.4 Å². The summed E-state index contributed by atoms with van der Waals surface area (Å²) in [6.45, 7) is 2.89. The summed E-state index contributed by atoms with van der Waals surface area (Å²) in [4.78, 5) is 6.65. The lowest BCUT2D eigenvalue weighted by Gasteiger charge is -2.24. The predicted octanol–water partition coefficient (Wildman–Crippen LogP) is 0.924. The third-order valence-electron chi connectivity index (χ3n) is 5.29. The van der Waals surface area contributed by atoms with Gasteiger partial charge in [-0.3, -0.25) is 0 Å². The molecular formula is C16H25N7.